The normalized spacial score (nSPS) is 11.1. The number of thiazole rings is 1. The van der Waals surface area contributed by atoms with E-state index in [2.05, 4.69) is 24.2 Å². The van der Waals surface area contributed by atoms with E-state index in [-0.39, 0.29) is 6.42 Å². The first kappa shape index (κ1) is 14.2. The van der Waals surface area contributed by atoms with E-state index in [1.54, 1.807) is 11.3 Å². The lowest BCUT2D eigenvalue weighted by Crippen LogP contribution is -1.96. The number of aliphatic carboxylic acids is 1. The van der Waals surface area contributed by atoms with Gasteiger partial charge in [0.1, 0.15) is 0 Å². The predicted molar refractivity (Wildman–Crippen MR) is 79.9 cm³/mol. The van der Waals surface area contributed by atoms with Crippen LogP contribution in [0, 0.1) is 5.92 Å². The fourth-order valence-corrected chi connectivity index (χ4v) is 3.56. The van der Waals surface area contributed by atoms with Crippen molar-refractivity contribution in [1.29, 1.82) is 0 Å². The molecule has 0 amide bonds. The lowest BCUT2D eigenvalue weighted by atomic mass is 10.1. The van der Waals surface area contributed by atoms with E-state index in [1.165, 1.54) is 11.3 Å². The van der Waals surface area contributed by atoms with Crippen molar-refractivity contribution < 1.29 is 9.90 Å². The van der Waals surface area contributed by atoms with E-state index in [9.17, 15) is 4.79 Å². The third-order valence-corrected chi connectivity index (χ3v) is 4.74. The molecule has 0 unspecified atom stereocenters. The Labute approximate surface area is 120 Å². The number of carboxylic acids is 1. The number of hydrogen-bond acceptors (Lipinski definition) is 4. The maximum absolute atomic E-state index is 10.7. The van der Waals surface area contributed by atoms with E-state index in [4.69, 9.17) is 5.11 Å². The molecule has 0 aromatic carbocycles. The molecule has 0 aliphatic rings. The summed E-state index contributed by atoms with van der Waals surface area (Å²) < 4.78 is 0. The molecule has 0 saturated carbocycles. The van der Waals surface area contributed by atoms with Crippen LogP contribution in [-0.4, -0.2) is 16.1 Å². The number of thiophene rings is 1. The third kappa shape index (κ3) is 4.14. The van der Waals surface area contributed by atoms with Crippen molar-refractivity contribution in [1.82, 2.24) is 4.98 Å². The van der Waals surface area contributed by atoms with Crippen LogP contribution in [0.5, 0.6) is 0 Å². The van der Waals surface area contributed by atoms with Gasteiger partial charge < -0.3 is 5.11 Å². The fourth-order valence-electron chi connectivity index (χ4n) is 1.71. The zero-order chi connectivity index (χ0) is 13.8. The number of nitrogens with zero attached hydrogens (tertiary/aromatic N) is 1. The molecular weight excluding hydrogens is 278 g/mol. The van der Waals surface area contributed by atoms with Gasteiger partial charge >= 0.3 is 5.97 Å². The minimum absolute atomic E-state index is 0.0923. The number of aryl methyl sites for hydroxylation is 1. The molecule has 5 heteroatoms. The molecule has 2 aromatic heterocycles. The van der Waals surface area contributed by atoms with Crippen molar-refractivity contribution in [3.05, 3.63) is 27.4 Å². The maximum atomic E-state index is 10.7. The third-order valence-electron chi connectivity index (χ3n) is 2.73. The molecule has 1 N–H and O–H groups in total. The Morgan fingerprint density at radius 1 is 1.42 bits per heavy atom. The van der Waals surface area contributed by atoms with E-state index in [0.29, 0.717) is 5.92 Å². The lowest BCUT2D eigenvalue weighted by molar-refractivity contribution is -0.136. The van der Waals surface area contributed by atoms with E-state index < -0.39 is 5.97 Å². The van der Waals surface area contributed by atoms with Crippen molar-refractivity contribution in [2.24, 2.45) is 5.92 Å². The molecule has 2 heterocycles. The highest BCUT2D eigenvalue weighted by Crippen LogP contribution is 2.30. The Morgan fingerprint density at radius 3 is 2.89 bits per heavy atom. The highest BCUT2D eigenvalue weighted by molar-refractivity contribution is 7.16. The summed E-state index contributed by atoms with van der Waals surface area (Å²) in [6.07, 6.45) is 2.27. The Hall–Kier alpha value is -1.20. The summed E-state index contributed by atoms with van der Waals surface area (Å²) in [6.45, 7) is 4.43. The fraction of sp³-hybridized carbons (Fsp3) is 0.429. The maximum Gasteiger partial charge on any atom is 0.308 e. The molecule has 0 fully saturated rings. The standard InChI is InChI=1S/C14H17NO2S2/c1-9(2)3-6-13-15-11(8-18-13)12-5-4-10(19-12)7-14(16)17/h4-5,8-9H,3,6-7H2,1-2H3,(H,16,17). The second-order valence-electron chi connectivity index (χ2n) is 4.90. The van der Waals surface area contributed by atoms with Gasteiger partial charge in [0, 0.05) is 10.3 Å². The average molecular weight is 295 g/mol. The molecule has 0 aliphatic heterocycles. The van der Waals surface area contributed by atoms with Gasteiger partial charge in [-0.2, -0.15) is 0 Å². The summed E-state index contributed by atoms with van der Waals surface area (Å²) in [5.41, 5.74) is 0.977. The highest BCUT2D eigenvalue weighted by Gasteiger charge is 2.09. The summed E-state index contributed by atoms with van der Waals surface area (Å²) in [5, 5.41) is 12.0. The predicted octanol–water partition coefficient (Wildman–Crippen LogP) is 4.09. The van der Waals surface area contributed by atoms with Crippen LogP contribution in [-0.2, 0) is 17.6 Å². The van der Waals surface area contributed by atoms with Crippen LogP contribution in [0.4, 0.5) is 0 Å². The molecule has 0 spiro atoms. The zero-order valence-corrected chi connectivity index (χ0v) is 12.7. The van der Waals surface area contributed by atoms with Gasteiger partial charge in [-0.3, -0.25) is 4.79 Å². The van der Waals surface area contributed by atoms with Crippen LogP contribution in [0.3, 0.4) is 0 Å². The second-order valence-corrected chi connectivity index (χ2v) is 7.01. The highest BCUT2D eigenvalue weighted by atomic mass is 32.1. The molecule has 2 rings (SSSR count). The van der Waals surface area contributed by atoms with Crippen molar-refractivity contribution in [2.45, 2.75) is 33.1 Å². The van der Waals surface area contributed by atoms with E-state index in [1.807, 2.05) is 12.1 Å². The van der Waals surface area contributed by atoms with Crippen molar-refractivity contribution >= 4 is 28.6 Å². The largest absolute Gasteiger partial charge is 0.481 e. The summed E-state index contributed by atoms with van der Waals surface area (Å²) in [7, 11) is 0. The Kier molecular flexibility index (Phi) is 4.71. The Balaban J connectivity index is 2.05. The molecule has 3 nitrogen and oxygen atoms in total. The number of aromatic nitrogens is 1. The molecule has 0 radical (unpaired) electrons. The Bertz CT molecular complexity index is 557. The van der Waals surface area contributed by atoms with Crippen LogP contribution in [0.25, 0.3) is 10.6 Å². The minimum atomic E-state index is -0.788. The molecular formula is C14H17NO2S2. The summed E-state index contributed by atoms with van der Waals surface area (Å²) >= 11 is 3.20. The van der Waals surface area contributed by atoms with E-state index >= 15 is 0 Å². The van der Waals surface area contributed by atoms with Gasteiger partial charge in [0.25, 0.3) is 0 Å². The van der Waals surface area contributed by atoms with Gasteiger partial charge in [-0.1, -0.05) is 13.8 Å². The monoisotopic (exact) mass is 295 g/mol. The first-order valence-electron chi connectivity index (χ1n) is 6.30. The van der Waals surface area contributed by atoms with Crippen LogP contribution in [0.1, 0.15) is 30.2 Å². The molecule has 0 aliphatic carbocycles. The number of rotatable bonds is 6. The molecule has 2 aromatic rings. The first-order valence-corrected chi connectivity index (χ1v) is 7.99. The molecule has 102 valence electrons. The quantitative estimate of drug-likeness (QED) is 0.873. The minimum Gasteiger partial charge on any atom is -0.481 e. The summed E-state index contributed by atoms with van der Waals surface area (Å²) in [4.78, 5) is 17.2. The van der Waals surface area contributed by atoms with Gasteiger partial charge in [0.05, 0.1) is 22.0 Å². The van der Waals surface area contributed by atoms with Crippen LogP contribution in [0.2, 0.25) is 0 Å². The van der Waals surface area contributed by atoms with Gasteiger partial charge in [-0.25, -0.2) is 4.98 Å². The van der Waals surface area contributed by atoms with Gasteiger partial charge in [0.15, 0.2) is 0 Å². The topological polar surface area (TPSA) is 50.2 Å². The first-order chi connectivity index (χ1) is 9.04. The van der Waals surface area contributed by atoms with Crippen LogP contribution >= 0.6 is 22.7 Å². The Morgan fingerprint density at radius 2 is 2.21 bits per heavy atom. The average Bonchev–Trinajstić information content (AvgIpc) is 2.93. The van der Waals surface area contributed by atoms with Crippen molar-refractivity contribution in [3.63, 3.8) is 0 Å². The molecule has 0 bridgehead atoms. The summed E-state index contributed by atoms with van der Waals surface area (Å²) in [5.74, 6) is -0.0967. The van der Waals surface area contributed by atoms with E-state index in [0.717, 1.165) is 33.3 Å². The zero-order valence-electron chi connectivity index (χ0n) is 11.0. The number of hydrogen-bond donors (Lipinski definition) is 1. The van der Waals surface area contributed by atoms with Gasteiger partial charge in [-0.15, -0.1) is 22.7 Å². The van der Waals surface area contributed by atoms with Gasteiger partial charge in [0.2, 0.25) is 0 Å². The molecule has 0 saturated heterocycles. The SMILES string of the molecule is CC(C)CCc1nc(-c2ccc(CC(=O)O)s2)cs1. The van der Waals surface area contributed by atoms with Crippen LogP contribution in [0.15, 0.2) is 17.5 Å². The number of carboxylic acid groups (broad SMARTS) is 1. The smallest absolute Gasteiger partial charge is 0.308 e. The molecule has 19 heavy (non-hydrogen) atoms. The molecule has 0 atom stereocenters. The lowest BCUT2D eigenvalue weighted by Gasteiger charge is -2.00. The van der Waals surface area contributed by atoms with Gasteiger partial charge in [-0.05, 0) is 30.9 Å². The second kappa shape index (κ2) is 6.30. The number of carbonyl (C=O) groups is 1. The van der Waals surface area contributed by atoms with Crippen molar-refractivity contribution in [3.8, 4) is 10.6 Å². The van der Waals surface area contributed by atoms with Crippen LogP contribution < -0.4 is 0 Å². The summed E-state index contributed by atoms with van der Waals surface area (Å²) in [6, 6.07) is 3.84. The van der Waals surface area contributed by atoms with Crippen molar-refractivity contribution in [2.75, 3.05) is 0 Å².